The van der Waals surface area contributed by atoms with E-state index in [-0.39, 0.29) is 16.5 Å². The summed E-state index contributed by atoms with van der Waals surface area (Å²) in [6, 6.07) is 2.73. The normalized spacial score (nSPS) is 10.6. The van der Waals surface area contributed by atoms with Crippen LogP contribution in [0.5, 0.6) is 0 Å². The van der Waals surface area contributed by atoms with Crippen molar-refractivity contribution in [3.05, 3.63) is 39.3 Å². The molecule has 1 rings (SSSR count). The maximum atomic E-state index is 10.7. The molecule has 0 bridgehead atoms. The fraction of sp³-hybridized carbons (Fsp3) is 0.222. The van der Waals surface area contributed by atoms with Gasteiger partial charge in [-0.1, -0.05) is 11.6 Å². The Kier molecular flexibility index (Phi) is 3.62. The fourth-order valence-electron chi connectivity index (χ4n) is 0.939. The van der Waals surface area contributed by atoms with Crippen LogP contribution in [0, 0.1) is 10.1 Å². The number of aromatic nitrogens is 1. The lowest BCUT2D eigenvalue weighted by molar-refractivity contribution is -0.385. The Hall–Kier alpha value is -1.62. The van der Waals surface area contributed by atoms with E-state index in [1.165, 1.54) is 12.1 Å². The minimum absolute atomic E-state index is 0.0579. The summed E-state index contributed by atoms with van der Waals surface area (Å²) in [5.41, 5.74) is 0.193. The van der Waals surface area contributed by atoms with E-state index in [2.05, 4.69) is 4.98 Å². The van der Waals surface area contributed by atoms with Gasteiger partial charge in [-0.2, -0.15) is 0 Å². The first-order valence-electron chi connectivity index (χ1n) is 4.16. The van der Waals surface area contributed by atoms with E-state index in [4.69, 9.17) is 11.6 Å². The molecule has 0 aliphatic heterocycles. The zero-order valence-corrected chi connectivity index (χ0v) is 9.10. The van der Waals surface area contributed by atoms with Crippen LogP contribution < -0.4 is 0 Å². The van der Waals surface area contributed by atoms with Crippen LogP contribution in [0.2, 0.25) is 5.15 Å². The molecular weight excluding hydrogens is 218 g/mol. The zero-order chi connectivity index (χ0) is 11.4. The molecule has 0 fully saturated rings. The van der Waals surface area contributed by atoms with Crippen LogP contribution in [0.15, 0.2) is 18.3 Å². The number of pyridine rings is 1. The van der Waals surface area contributed by atoms with Crippen molar-refractivity contribution in [2.45, 2.75) is 0 Å². The molecule has 6 heteroatoms. The minimum Gasteiger partial charge on any atom is -0.383 e. The predicted molar refractivity (Wildman–Crippen MR) is 58.6 cm³/mol. The van der Waals surface area contributed by atoms with E-state index in [0.717, 1.165) is 0 Å². The maximum Gasteiger partial charge on any atom is 0.295 e. The molecule has 1 aromatic heterocycles. The molecule has 0 unspecified atom stereocenters. The molecule has 0 aliphatic rings. The lowest BCUT2D eigenvalue weighted by Gasteiger charge is -2.03. The van der Waals surface area contributed by atoms with Gasteiger partial charge in [0.1, 0.15) is 10.8 Å². The minimum atomic E-state index is -0.487. The highest BCUT2D eigenvalue weighted by Gasteiger charge is 2.12. The van der Waals surface area contributed by atoms with Gasteiger partial charge >= 0.3 is 0 Å². The molecule has 0 atom stereocenters. The number of halogens is 1. The van der Waals surface area contributed by atoms with Crippen LogP contribution in [-0.4, -0.2) is 28.9 Å². The van der Waals surface area contributed by atoms with E-state index in [1.54, 1.807) is 17.2 Å². The van der Waals surface area contributed by atoms with Gasteiger partial charge in [0.05, 0.1) is 4.92 Å². The van der Waals surface area contributed by atoms with Crippen molar-refractivity contribution in [3.8, 4) is 0 Å². The molecule has 1 aromatic rings. The second-order valence-electron chi connectivity index (χ2n) is 3.07. The van der Waals surface area contributed by atoms with Crippen LogP contribution >= 0.6 is 11.6 Å². The van der Waals surface area contributed by atoms with Crippen LogP contribution in [0.1, 0.15) is 5.69 Å². The molecule has 0 radical (unpaired) electrons. The van der Waals surface area contributed by atoms with Gasteiger partial charge in [0, 0.05) is 26.4 Å². The summed E-state index contributed by atoms with van der Waals surface area (Å²) in [4.78, 5) is 15.8. The first-order valence-corrected chi connectivity index (χ1v) is 4.54. The molecule has 0 N–H and O–H groups in total. The second kappa shape index (κ2) is 4.75. The Morgan fingerprint density at radius 2 is 2.20 bits per heavy atom. The number of hydrogen-bond acceptors (Lipinski definition) is 4. The van der Waals surface area contributed by atoms with Crippen molar-refractivity contribution in [1.82, 2.24) is 9.88 Å². The summed E-state index contributed by atoms with van der Waals surface area (Å²) in [5.74, 6) is 0. The van der Waals surface area contributed by atoms with Crippen LogP contribution in [-0.2, 0) is 0 Å². The Labute approximate surface area is 92.1 Å². The summed E-state index contributed by atoms with van der Waals surface area (Å²) in [5, 5.41) is 10.9. The predicted octanol–water partition coefficient (Wildman–Crippen LogP) is 2.18. The van der Waals surface area contributed by atoms with E-state index in [0.29, 0.717) is 0 Å². The van der Waals surface area contributed by atoms with Crippen molar-refractivity contribution >= 4 is 23.4 Å². The molecule has 0 aromatic carbocycles. The standard InChI is InChI=1S/C9H10ClN3O2/c1-12(2)6-5-7-8(13(14)15)3-4-9(10)11-7/h3-6H,1-2H3/b6-5+. The van der Waals surface area contributed by atoms with Crippen molar-refractivity contribution in [2.75, 3.05) is 14.1 Å². The molecule has 80 valence electrons. The zero-order valence-electron chi connectivity index (χ0n) is 8.35. The first kappa shape index (κ1) is 11.5. The van der Waals surface area contributed by atoms with Crippen LogP contribution in [0.3, 0.4) is 0 Å². The topological polar surface area (TPSA) is 59.3 Å². The maximum absolute atomic E-state index is 10.7. The summed E-state index contributed by atoms with van der Waals surface area (Å²) in [6.07, 6.45) is 3.22. The summed E-state index contributed by atoms with van der Waals surface area (Å²) >= 11 is 5.66. The number of rotatable bonds is 3. The molecule has 5 nitrogen and oxygen atoms in total. The van der Waals surface area contributed by atoms with Crippen LogP contribution in [0.4, 0.5) is 5.69 Å². The molecule has 0 amide bonds. The number of nitro groups is 1. The average Bonchev–Trinajstić information content (AvgIpc) is 2.14. The van der Waals surface area contributed by atoms with Gasteiger partial charge in [0.15, 0.2) is 0 Å². The fourth-order valence-corrected chi connectivity index (χ4v) is 1.09. The first-order chi connectivity index (χ1) is 7.00. The molecule has 0 saturated carbocycles. The second-order valence-corrected chi connectivity index (χ2v) is 3.46. The van der Waals surface area contributed by atoms with E-state index < -0.39 is 4.92 Å². The highest BCUT2D eigenvalue weighted by Crippen LogP contribution is 2.20. The SMILES string of the molecule is CN(C)/C=C/c1nc(Cl)ccc1[N+](=O)[O-]. The van der Waals surface area contributed by atoms with Gasteiger partial charge in [0.2, 0.25) is 0 Å². The molecule has 0 aliphatic carbocycles. The monoisotopic (exact) mass is 227 g/mol. The van der Waals surface area contributed by atoms with E-state index in [1.807, 2.05) is 14.1 Å². The largest absolute Gasteiger partial charge is 0.383 e. The van der Waals surface area contributed by atoms with Gasteiger partial charge < -0.3 is 4.90 Å². The highest BCUT2D eigenvalue weighted by molar-refractivity contribution is 6.29. The molecule has 0 saturated heterocycles. The number of hydrogen-bond donors (Lipinski definition) is 0. The van der Waals surface area contributed by atoms with Crippen molar-refractivity contribution in [1.29, 1.82) is 0 Å². The molecule has 0 spiro atoms. The van der Waals surface area contributed by atoms with E-state index in [9.17, 15) is 10.1 Å². The lowest BCUT2D eigenvalue weighted by Crippen LogP contribution is -2.01. The van der Waals surface area contributed by atoms with Gasteiger partial charge in [-0.15, -0.1) is 0 Å². The highest BCUT2D eigenvalue weighted by atomic mass is 35.5. The third-order valence-corrected chi connectivity index (χ3v) is 1.81. The summed E-state index contributed by atoms with van der Waals surface area (Å²) in [7, 11) is 3.62. The molecule has 1 heterocycles. The lowest BCUT2D eigenvalue weighted by atomic mass is 10.3. The smallest absolute Gasteiger partial charge is 0.295 e. The summed E-state index contributed by atoms with van der Waals surface area (Å²) < 4.78 is 0. The Bertz CT molecular complexity index is 404. The van der Waals surface area contributed by atoms with Crippen molar-refractivity contribution in [2.24, 2.45) is 0 Å². The quantitative estimate of drug-likeness (QED) is 0.451. The number of nitrogens with zero attached hydrogens (tertiary/aromatic N) is 3. The third-order valence-electron chi connectivity index (χ3n) is 1.60. The van der Waals surface area contributed by atoms with Gasteiger partial charge in [0.25, 0.3) is 5.69 Å². The Balaban J connectivity index is 3.13. The van der Waals surface area contributed by atoms with Crippen LogP contribution in [0.25, 0.3) is 6.08 Å². The van der Waals surface area contributed by atoms with Gasteiger partial charge in [-0.25, -0.2) is 4.98 Å². The Morgan fingerprint density at radius 3 is 2.73 bits per heavy atom. The average molecular weight is 228 g/mol. The summed E-state index contributed by atoms with van der Waals surface area (Å²) in [6.45, 7) is 0. The molecular formula is C9H10ClN3O2. The van der Waals surface area contributed by atoms with Crippen molar-refractivity contribution < 1.29 is 4.92 Å². The third kappa shape index (κ3) is 3.21. The van der Waals surface area contributed by atoms with Crippen molar-refractivity contribution in [3.63, 3.8) is 0 Å². The van der Waals surface area contributed by atoms with Gasteiger partial charge in [-0.3, -0.25) is 10.1 Å². The Morgan fingerprint density at radius 1 is 1.53 bits per heavy atom. The molecule has 15 heavy (non-hydrogen) atoms. The van der Waals surface area contributed by atoms with E-state index >= 15 is 0 Å². The van der Waals surface area contributed by atoms with Gasteiger partial charge in [-0.05, 0) is 12.1 Å².